The Labute approximate surface area is 195 Å². The van der Waals surface area contributed by atoms with E-state index in [1.165, 1.54) is 5.56 Å². The molecule has 2 aromatic carbocycles. The van der Waals surface area contributed by atoms with Crippen molar-refractivity contribution in [1.29, 1.82) is 0 Å². The number of aryl methyl sites for hydroxylation is 1. The van der Waals surface area contributed by atoms with E-state index in [2.05, 4.69) is 82.3 Å². The van der Waals surface area contributed by atoms with Gasteiger partial charge in [-0.15, -0.1) is 0 Å². The van der Waals surface area contributed by atoms with Crippen LogP contribution >= 0.6 is 0 Å². The Morgan fingerprint density at radius 2 is 1.24 bits per heavy atom. The smallest absolute Gasteiger partial charge is 0.222 e. The molecule has 170 valence electrons. The van der Waals surface area contributed by atoms with Gasteiger partial charge in [0.05, 0.1) is 30.3 Å². The minimum absolute atomic E-state index is 0.156. The van der Waals surface area contributed by atoms with Crippen LogP contribution < -0.4 is 0 Å². The van der Waals surface area contributed by atoms with Crippen LogP contribution in [0.5, 0.6) is 0 Å². The van der Waals surface area contributed by atoms with Gasteiger partial charge in [-0.25, -0.2) is 9.97 Å². The quantitative estimate of drug-likeness (QED) is 0.342. The Kier molecular flexibility index (Phi) is 7.03. The van der Waals surface area contributed by atoms with Crippen molar-refractivity contribution >= 4 is 5.91 Å². The second-order valence-electron chi connectivity index (χ2n) is 8.16. The standard InChI is InChI=1S/C27H31N5O/c1-4-15-32(27(33)6-3)18-26-29-17-24(31-26)22-13-9-20(10-14-22)19-7-11-21(12-8-19)23-16-28-25(5-2)30-23/h7-14,16-17H,4-6,15,18H2,1-3H3,(H,28,30)(H,29,31). The van der Waals surface area contributed by atoms with E-state index in [1.54, 1.807) is 0 Å². The molecule has 2 heterocycles. The molecule has 33 heavy (non-hydrogen) atoms. The van der Waals surface area contributed by atoms with Gasteiger partial charge in [-0.3, -0.25) is 4.79 Å². The molecule has 0 aliphatic carbocycles. The zero-order valence-corrected chi connectivity index (χ0v) is 19.6. The number of benzene rings is 2. The van der Waals surface area contributed by atoms with Crippen LogP contribution in [0, 0.1) is 0 Å². The van der Waals surface area contributed by atoms with Crippen molar-refractivity contribution in [2.75, 3.05) is 6.54 Å². The Morgan fingerprint density at radius 3 is 1.70 bits per heavy atom. The summed E-state index contributed by atoms with van der Waals surface area (Å²) in [5, 5.41) is 0. The molecule has 2 aromatic heterocycles. The SMILES string of the molecule is CCCN(Cc1ncc(-c2ccc(-c3ccc(-c4cnc(CC)[nH]4)cc3)cc2)[nH]1)C(=O)CC. The lowest BCUT2D eigenvalue weighted by atomic mass is 10.0. The fourth-order valence-corrected chi connectivity index (χ4v) is 3.93. The van der Waals surface area contributed by atoms with Gasteiger partial charge in [0.15, 0.2) is 0 Å². The average Bonchev–Trinajstić information content (AvgIpc) is 3.53. The lowest BCUT2D eigenvalue weighted by Crippen LogP contribution is -2.31. The van der Waals surface area contributed by atoms with Crippen molar-refractivity contribution in [3.05, 3.63) is 72.6 Å². The lowest BCUT2D eigenvalue weighted by Gasteiger charge is -2.20. The normalized spacial score (nSPS) is 11.0. The van der Waals surface area contributed by atoms with Crippen molar-refractivity contribution in [3.8, 4) is 33.6 Å². The number of nitrogens with zero attached hydrogens (tertiary/aromatic N) is 3. The van der Waals surface area contributed by atoms with E-state index in [-0.39, 0.29) is 5.91 Å². The van der Waals surface area contributed by atoms with Crippen LogP contribution in [0.25, 0.3) is 33.6 Å². The van der Waals surface area contributed by atoms with Gasteiger partial charge >= 0.3 is 0 Å². The average molecular weight is 442 g/mol. The maximum Gasteiger partial charge on any atom is 0.222 e. The molecule has 0 radical (unpaired) electrons. The number of carbonyl (C=O) groups is 1. The zero-order chi connectivity index (χ0) is 23.2. The molecule has 6 nitrogen and oxygen atoms in total. The van der Waals surface area contributed by atoms with Crippen LogP contribution in [0.4, 0.5) is 0 Å². The molecular weight excluding hydrogens is 410 g/mol. The summed E-state index contributed by atoms with van der Waals surface area (Å²) >= 11 is 0. The van der Waals surface area contributed by atoms with Crippen LogP contribution in [0.1, 0.15) is 45.3 Å². The number of imidazole rings is 2. The predicted octanol–water partition coefficient (Wildman–Crippen LogP) is 5.84. The maximum absolute atomic E-state index is 12.2. The summed E-state index contributed by atoms with van der Waals surface area (Å²) in [6.45, 7) is 7.33. The molecular formula is C27H31N5O. The van der Waals surface area contributed by atoms with E-state index in [0.717, 1.165) is 59.1 Å². The molecule has 4 aromatic rings. The first-order chi connectivity index (χ1) is 16.1. The molecule has 0 unspecified atom stereocenters. The number of aromatic nitrogens is 4. The Bertz CT molecular complexity index is 1190. The summed E-state index contributed by atoms with van der Waals surface area (Å²) < 4.78 is 0. The predicted molar refractivity (Wildman–Crippen MR) is 132 cm³/mol. The highest BCUT2D eigenvalue weighted by molar-refractivity contribution is 5.75. The lowest BCUT2D eigenvalue weighted by molar-refractivity contribution is -0.131. The number of carbonyl (C=O) groups excluding carboxylic acids is 1. The van der Waals surface area contributed by atoms with Gasteiger partial charge in [0, 0.05) is 19.4 Å². The van der Waals surface area contributed by atoms with Crippen molar-refractivity contribution < 1.29 is 4.79 Å². The van der Waals surface area contributed by atoms with E-state index in [1.807, 2.05) is 24.2 Å². The Morgan fingerprint density at radius 1 is 0.758 bits per heavy atom. The van der Waals surface area contributed by atoms with Gasteiger partial charge in [0.2, 0.25) is 5.91 Å². The van der Waals surface area contributed by atoms with E-state index < -0.39 is 0 Å². The number of nitrogens with one attached hydrogen (secondary N) is 2. The highest BCUT2D eigenvalue weighted by Crippen LogP contribution is 2.26. The molecule has 2 N–H and O–H groups in total. The first kappa shape index (κ1) is 22.5. The Hall–Kier alpha value is -3.67. The third-order valence-corrected chi connectivity index (χ3v) is 5.81. The third-order valence-electron chi connectivity index (χ3n) is 5.81. The molecule has 0 saturated heterocycles. The molecule has 0 saturated carbocycles. The van der Waals surface area contributed by atoms with Crippen LogP contribution in [-0.4, -0.2) is 37.3 Å². The molecule has 0 aliphatic heterocycles. The second-order valence-corrected chi connectivity index (χ2v) is 8.16. The van der Waals surface area contributed by atoms with Crippen molar-refractivity contribution in [1.82, 2.24) is 24.8 Å². The summed E-state index contributed by atoms with van der Waals surface area (Å²) in [6.07, 6.45) is 6.08. The van der Waals surface area contributed by atoms with Gasteiger partial charge in [-0.1, -0.05) is 69.3 Å². The summed E-state index contributed by atoms with van der Waals surface area (Å²) in [6, 6.07) is 17.0. The van der Waals surface area contributed by atoms with E-state index in [0.29, 0.717) is 13.0 Å². The molecule has 0 atom stereocenters. The van der Waals surface area contributed by atoms with Crippen LogP contribution in [0.2, 0.25) is 0 Å². The van der Waals surface area contributed by atoms with Crippen molar-refractivity contribution in [3.63, 3.8) is 0 Å². The molecule has 0 aliphatic rings. The minimum atomic E-state index is 0.156. The highest BCUT2D eigenvalue weighted by Gasteiger charge is 2.13. The van der Waals surface area contributed by atoms with Gasteiger partial charge in [-0.05, 0) is 28.7 Å². The minimum Gasteiger partial charge on any atom is -0.342 e. The second kappa shape index (κ2) is 10.3. The van der Waals surface area contributed by atoms with Crippen LogP contribution in [0.15, 0.2) is 60.9 Å². The van der Waals surface area contributed by atoms with Crippen LogP contribution in [0.3, 0.4) is 0 Å². The largest absolute Gasteiger partial charge is 0.342 e. The number of H-pyrrole nitrogens is 2. The maximum atomic E-state index is 12.2. The third kappa shape index (κ3) is 5.22. The zero-order valence-electron chi connectivity index (χ0n) is 19.6. The molecule has 0 bridgehead atoms. The summed E-state index contributed by atoms with van der Waals surface area (Å²) in [4.78, 5) is 29.6. The molecule has 4 rings (SSSR count). The topological polar surface area (TPSA) is 77.7 Å². The summed E-state index contributed by atoms with van der Waals surface area (Å²) in [5.74, 6) is 1.97. The fourth-order valence-electron chi connectivity index (χ4n) is 3.93. The molecule has 0 fully saturated rings. The molecule has 0 spiro atoms. The van der Waals surface area contributed by atoms with Gasteiger partial charge in [0.25, 0.3) is 0 Å². The van der Waals surface area contributed by atoms with Gasteiger partial charge in [0.1, 0.15) is 11.6 Å². The highest BCUT2D eigenvalue weighted by atomic mass is 16.2. The monoisotopic (exact) mass is 441 g/mol. The first-order valence-corrected chi connectivity index (χ1v) is 11.7. The van der Waals surface area contributed by atoms with E-state index in [4.69, 9.17) is 0 Å². The van der Waals surface area contributed by atoms with Crippen molar-refractivity contribution in [2.45, 2.75) is 46.6 Å². The van der Waals surface area contributed by atoms with E-state index >= 15 is 0 Å². The van der Waals surface area contributed by atoms with E-state index in [9.17, 15) is 4.79 Å². The fraction of sp³-hybridized carbons (Fsp3) is 0.296. The Balaban J connectivity index is 1.46. The number of aromatic amines is 2. The van der Waals surface area contributed by atoms with Crippen molar-refractivity contribution in [2.24, 2.45) is 0 Å². The molecule has 1 amide bonds. The summed E-state index contributed by atoms with van der Waals surface area (Å²) in [7, 11) is 0. The first-order valence-electron chi connectivity index (χ1n) is 11.7. The van der Waals surface area contributed by atoms with Gasteiger partial charge in [-0.2, -0.15) is 0 Å². The number of amides is 1. The number of rotatable bonds is 9. The van der Waals surface area contributed by atoms with Crippen LogP contribution in [-0.2, 0) is 17.8 Å². The summed E-state index contributed by atoms with van der Waals surface area (Å²) in [5.41, 5.74) is 6.53. The van der Waals surface area contributed by atoms with Gasteiger partial charge < -0.3 is 14.9 Å². The molecule has 6 heteroatoms. The number of hydrogen-bond donors (Lipinski definition) is 2. The number of hydrogen-bond acceptors (Lipinski definition) is 3.